The molecular weight excluding hydrogens is 438 g/mol. The van der Waals surface area contributed by atoms with E-state index in [9.17, 15) is 9.59 Å². The Morgan fingerprint density at radius 1 is 0.914 bits per heavy atom. The molecule has 1 atom stereocenters. The van der Waals surface area contributed by atoms with Gasteiger partial charge in [-0.3, -0.25) is 9.69 Å². The van der Waals surface area contributed by atoms with E-state index in [2.05, 4.69) is 4.98 Å². The van der Waals surface area contributed by atoms with Crippen molar-refractivity contribution in [2.24, 2.45) is 5.73 Å². The lowest BCUT2D eigenvalue weighted by Crippen LogP contribution is -2.44. The Hall–Kier alpha value is -3.97. The molecule has 0 saturated carbocycles. The number of carbonyl (C=O) groups is 2. The van der Waals surface area contributed by atoms with Gasteiger partial charge in [-0.05, 0) is 40.8 Å². The van der Waals surface area contributed by atoms with E-state index in [1.807, 2.05) is 84.4 Å². The normalized spacial score (nSPS) is 18.1. The number of rotatable bonds is 8. The van der Waals surface area contributed by atoms with E-state index < -0.39 is 5.54 Å². The van der Waals surface area contributed by atoms with Gasteiger partial charge in [0.15, 0.2) is 0 Å². The van der Waals surface area contributed by atoms with Gasteiger partial charge in [-0.2, -0.15) is 0 Å². The highest BCUT2D eigenvalue weighted by Crippen LogP contribution is 2.41. The molecule has 35 heavy (non-hydrogen) atoms. The Morgan fingerprint density at radius 3 is 2.43 bits per heavy atom. The summed E-state index contributed by atoms with van der Waals surface area (Å²) in [6, 6.07) is 21.5. The molecule has 1 aliphatic heterocycles. The van der Waals surface area contributed by atoms with Crippen molar-refractivity contribution in [3.05, 3.63) is 102 Å². The summed E-state index contributed by atoms with van der Waals surface area (Å²) in [5, 5.41) is 2.00. The first-order valence-corrected chi connectivity index (χ1v) is 11.9. The van der Waals surface area contributed by atoms with Crippen LogP contribution in [-0.4, -0.2) is 37.8 Å². The van der Waals surface area contributed by atoms with Crippen molar-refractivity contribution in [3.63, 3.8) is 0 Å². The molecule has 1 aromatic heterocycles. The molecule has 4 aromatic rings. The summed E-state index contributed by atoms with van der Waals surface area (Å²) >= 11 is 0. The molecule has 2 heterocycles. The minimum Gasteiger partial charge on any atom is -0.337 e. The first-order valence-electron chi connectivity index (χ1n) is 11.9. The Kier molecular flexibility index (Phi) is 6.09. The zero-order valence-corrected chi connectivity index (χ0v) is 19.8. The van der Waals surface area contributed by atoms with Crippen LogP contribution in [0.3, 0.4) is 0 Å². The minimum absolute atomic E-state index is 0.199. The molecule has 7 heteroatoms. The number of benzene rings is 3. The Balaban J connectivity index is 1.55. The summed E-state index contributed by atoms with van der Waals surface area (Å²) < 4.78 is 1.95. The number of imide groups is 1. The maximum atomic E-state index is 14.0. The fourth-order valence-corrected chi connectivity index (χ4v) is 5.05. The van der Waals surface area contributed by atoms with E-state index in [-0.39, 0.29) is 11.9 Å². The minimum atomic E-state index is -1.14. The lowest BCUT2D eigenvalue weighted by molar-refractivity contribution is -0.133. The van der Waals surface area contributed by atoms with Crippen LogP contribution in [0.5, 0.6) is 0 Å². The number of aromatic nitrogens is 2. The van der Waals surface area contributed by atoms with Gasteiger partial charge in [0.1, 0.15) is 5.54 Å². The molecule has 1 unspecified atom stereocenters. The third-order valence-corrected chi connectivity index (χ3v) is 7.00. The standard InChI is InChI=1S/C28H29N5O2/c1-28(25-13-6-11-21-8-4-5-12-24(21)25)26(34)32(16-7-15-31-17-14-30-20-31)27(35)33(28)19-23-10-3-2-9-22(23)18-29/h2-6,8-14,17,20H,7,15-16,18-19,29H2,1H3. The van der Waals surface area contributed by atoms with E-state index >= 15 is 0 Å². The highest BCUT2D eigenvalue weighted by molar-refractivity contribution is 6.09. The van der Waals surface area contributed by atoms with Crippen LogP contribution in [-0.2, 0) is 30.0 Å². The molecule has 7 nitrogen and oxygen atoms in total. The van der Waals surface area contributed by atoms with Gasteiger partial charge in [-0.25, -0.2) is 9.78 Å². The van der Waals surface area contributed by atoms with Gasteiger partial charge in [0, 0.05) is 38.6 Å². The quantitative estimate of drug-likeness (QED) is 0.392. The van der Waals surface area contributed by atoms with Gasteiger partial charge in [0.25, 0.3) is 5.91 Å². The van der Waals surface area contributed by atoms with Gasteiger partial charge in [-0.15, -0.1) is 0 Å². The van der Waals surface area contributed by atoms with Crippen LogP contribution >= 0.6 is 0 Å². The first kappa shape index (κ1) is 22.8. The predicted octanol–water partition coefficient (Wildman–Crippen LogP) is 4.26. The number of fused-ring (bicyclic) bond motifs is 1. The van der Waals surface area contributed by atoms with Gasteiger partial charge in [0.2, 0.25) is 0 Å². The van der Waals surface area contributed by atoms with E-state index in [1.165, 1.54) is 4.90 Å². The number of hydrogen-bond donors (Lipinski definition) is 1. The topological polar surface area (TPSA) is 84.5 Å². The summed E-state index contributed by atoms with van der Waals surface area (Å²) in [7, 11) is 0. The zero-order chi connectivity index (χ0) is 24.4. The van der Waals surface area contributed by atoms with Gasteiger partial charge in [-0.1, -0.05) is 66.7 Å². The van der Waals surface area contributed by atoms with Crippen LogP contribution in [0.25, 0.3) is 10.8 Å². The third-order valence-electron chi connectivity index (χ3n) is 7.00. The third kappa shape index (κ3) is 3.98. The van der Waals surface area contributed by atoms with Crippen LogP contribution in [0.15, 0.2) is 85.5 Å². The number of urea groups is 1. The van der Waals surface area contributed by atoms with Gasteiger partial charge >= 0.3 is 6.03 Å². The molecule has 0 aliphatic carbocycles. The molecule has 178 valence electrons. The van der Waals surface area contributed by atoms with Crippen LogP contribution < -0.4 is 5.73 Å². The number of aryl methyl sites for hydroxylation is 1. The SMILES string of the molecule is CC1(c2cccc3ccccc23)C(=O)N(CCCn2ccnc2)C(=O)N1Cc1ccccc1CN. The molecule has 1 aliphatic rings. The predicted molar refractivity (Wildman–Crippen MR) is 135 cm³/mol. The van der Waals surface area contributed by atoms with Crippen molar-refractivity contribution in [1.82, 2.24) is 19.4 Å². The highest BCUT2D eigenvalue weighted by Gasteiger charge is 2.55. The molecule has 0 spiro atoms. The summed E-state index contributed by atoms with van der Waals surface area (Å²) in [4.78, 5) is 35.1. The van der Waals surface area contributed by atoms with E-state index in [1.54, 1.807) is 17.4 Å². The van der Waals surface area contributed by atoms with E-state index in [4.69, 9.17) is 5.73 Å². The molecule has 1 saturated heterocycles. The lowest BCUT2D eigenvalue weighted by Gasteiger charge is -2.33. The first-order chi connectivity index (χ1) is 17.0. The summed E-state index contributed by atoms with van der Waals surface area (Å²) in [6.07, 6.45) is 5.99. The molecule has 0 bridgehead atoms. The molecule has 1 fully saturated rings. The zero-order valence-electron chi connectivity index (χ0n) is 19.8. The maximum absolute atomic E-state index is 14.0. The van der Waals surface area contributed by atoms with Crippen molar-refractivity contribution < 1.29 is 9.59 Å². The largest absolute Gasteiger partial charge is 0.337 e. The van der Waals surface area contributed by atoms with E-state index in [0.29, 0.717) is 32.6 Å². The fraction of sp³-hybridized carbons (Fsp3) is 0.250. The summed E-state index contributed by atoms with van der Waals surface area (Å²) in [6.45, 7) is 3.56. The number of hydrogen-bond acceptors (Lipinski definition) is 4. The fourth-order valence-electron chi connectivity index (χ4n) is 5.05. The average molecular weight is 468 g/mol. The second-order valence-electron chi connectivity index (χ2n) is 9.05. The molecule has 3 aromatic carbocycles. The maximum Gasteiger partial charge on any atom is 0.328 e. The lowest BCUT2D eigenvalue weighted by atomic mass is 9.86. The van der Waals surface area contributed by atoms with Crippen molar-refractivity contribution in [1.29, 1.82) is 0 Å². The molecule has 2 N–H and O–H groups in total. The Bertz CT molecular complexity index is 1360. The van der Waals surface area contributed by atoms with Crippen molar-refractivity contribution in [2.75, 3.05) is 6.54 Å². The second kappa shape index (κ2) is 9.35. The number of carbonyl (C=O) groups excluding carboxylic acids is 2. The number of nitrogens with zero attached hydrogens (tertiary/aromatic N) is 4. The van der Waals surface area contributed by atoms with E-state index in [0.717, 1.165) is 27.5 Å². The van der Waals surface area contributed by atoms with Crippen LogP contribution in [0.4, 0.5) is 4.79 Å². The smallest absolute Gasteiger partial charge is 0.328 e. The van der Waals surface area contributed by atoms with Crippen LogP contribution in [0.1, 0.15) is 30.0 Å². The number of amides is 3. The van der Waals surface area contributed by atoms with Crippen molar-refractivity contribution in [3.8, 4) is 0 Å². The average Bonchev–Trinajstić information content (AvgIpc) is 3.47. The summed E-state index contributed by atoms with van der Waals surface area (Å²) in [5.74, 6) is -0.199. The molecule has 3 amide bonds. The van der Waals surface area contributed by atoms with Gasteiger partial charge in [0.05, 0.1) is 6.33 Å². The van der Waals surface area contributed by atoms with Crippen LogP contribution in [0, 0.1) is 0 Å². The monoisotopic (exact) mass is 467 g/mol. The highest BCUT2D eigenvalue weighted by atomic mass is 16.2. The second-order valence-corrected chi connectivity index (χ2v) is 9.05. The molecular formula is C28H29N5O2. The Labute approximate surface area is 204 Å². The number of imidazole rings is 1. The summed E-state index contributed by atoms with van der Waals surface area (Å²) in [5.41, 5.74) is 7.59. The van der Waals surface area contributed by atoms with Gasteiger partial charge < -0.3 is 15.2 Å². The van der Waals surface area contributed by atoms with Crippen LogP contribution in [0.2, 0.25) is 0 Å². The Morgan fingerprint density at radius 2 is 1.66 bits per heavy atom. The van der Waals surface area contributed by atoms with Crippen molar-refractivity contribution in [2.45, 2.75) is 38.5 Å². The molecule has 5 rings (SSSR count). The van der Waals surface area contributed by atoms with Crippen molar-refractivity contribution >= 4 is 22.7 Å². The number of nitrogens with two attached hydrogens (primary N) is 1. The molecule has 0 radical (unpaired) electrons.